The fraction of sp³-hybridized carbons (Fsp3) is 0.364. The highest BCUT2D eigenvalue weighted by molar-refractivity contribution is 9.10. The SMILES string of the molecule is CCCc1n[nH]c(=S)n1NCc1cc(Br)c(OCc2ccccc2C)c(OCC)c1. The van der Waals surface area contributed by atoms with Crippen LogP contribution in [-0.4, -0.2) is 21.5 Å². The van der Waals surface area contributed by atoms with Gasteiger partial charge in [0.2, 0.25) is 4.77 Å². The summed E-state index contributed by atoms with van der Waals surface area (Å²) in [6.07, 6.45) is 1.84. The standard InChI is InChI=1S/C22H27BrN4O2S/c1-4-8-20-25-26-22(30)27(20)24-13-16-11-18(23)21(19(12-16)28-5-2)29-14-17-10-7-6-9-15(17)3/h6-7,9-12,24H,4-5,8,13-14H2,1-3H3,(H,26,30). The number of rotatable bonds is 10. The van der Waals surface area contributed by atoms with Gasteiger partial charge in [-0.05, 0) is 77.2 Å². The molecule has 30 heavy (non-hydrogen) atoms. The molecule has 0 saturated heterocycles. The van der Waals surface area contributed by atoms with Gasteiger partial charge in [-0.3, -0.25) is 5.10 Å². The molecule has 0 bridgehead atoms. The van der Waals surface area contributed by atoms with Crippen LogP contribution in [0.4, 0.5) is 0 Å². The van der Waals surface area contributed by atoms with Gasteiger partial charge in [-0.1, -0.05) is 31.2 Å². The summed E-state index contributed by atoms with van der Waals surface area (Å²) in [5.41, 5.74) is 6.74. The van der Waals surface area contributed by atoms with E-state index in [-0.39, 0.29) is 0 Å². The van der Waals surface area contributed by atoms with Gasteiger partial charge in [0.25, 0.3) is 0 Å². The van der Waals surface area contributed by atoms with E-state index in [1.165, 1.54) is 5.56 Å². The molecule has 0 aliphatic rings. The average molecular weight is 491 g/mol. The molecule has 0 spiro atoms. The van der Waals surface area contributed by atoms with E-state index in [2.05, 4.69) is 57.5 Å². The second kappa shape index (κ2) is 10.6. The Hall–Kier alpha value is -2.32. The number of H-pyrrole nitrogens is 1. The Bertz CT molecular complexity index is 1050. The van der Waals surface area contributed by atoms with Crippen LogP contribution in [0.3, 0.4) is 0 Å². The molecule has 0 aliphatic carbocycles. The molecule has 8 heteroatoms. The second-order valence-corrected chi connectivity index (χ2v) is 8.16. The van der Waals surface area contributed by atoms with Crippen LogP contribution >= 0.6 is 28.1 Å². The molecular weight excluding hydrogens is 464 g/mol. The monoisotopic (exact) mass is 490 g/mol. The van der Waals surface area contributed by atoms with Crippen molar-refractivity contribution in [3.05, 3.63) is 68.2 Å². The van der Waals surface area contributed by atoms with Crippen molar-refractivity contribution in [2.45, 2.75) is 46.8 Å². The molecule has 1 heterocycles. The smallest absolute Gasteiger partial charge is 0.214 e. The van der Waals surface area contributed by atoms with E-state index in [0.717, 1.165) is 34.3 Å². The third-order valence-electron chi connectivity index (χ3n) is 4.66. The van der Waals surface area contributed by atoms with Crippen LogP contribution < -0.4 is 14.9 Å². The zero-order valence-electron chi connectivity index (χ0n) is 17.5. The maximum absolute atomic E-state index is 6.13. The summed E-state index contributed by atoms with van der Waals surface area (Å²) >= 11 is 8.99. The number of aromatic nitrogens is 3. The summed E-state index contributed by atoms with van der Waals surface area (Å²) in [6, 6.07) is 12.2. The molecule has 160 valence electrons. The lowest BCUT2D eigenvalue weighted by molar-refractivity contribution is 0.267. The third kappa shape index (κ3) is 5.43. The summed E-state index contributed by atoms with van der Waals surface area (Å²) in [5.74, 6) is 2.31. The first-order chi connectivity index (χ1) is 14.5. The zero-order chi connectivity index (χ0) is 21.5. The van der Waals surface area contributed by atoms with E-state index in [0.29, 0.717) is 36.0 Å². The third-order valence-corrected chi connectivity index (χ3v) is 5.52. The second-order valence-electron chi connectivity index (χ2n) is 6.92. The molecule has 2 aromatic carbocycles. The summed E-state index contributed by atoms with van der Waals surface area (Å²) in [4.78, 5) is 0. The Balaban J connectivity index is 1.78. The number of nitrogens with one attached hydrogen (secondary N) is 2. The largest absolute Gasteiger partial charge is 0.490 e. The number of aryl methyl sites for hydroxylation is 2. The van der Waals surface area contributed by atoms with E-state index < -0.39 is 0 Å². The zero-order valence-corrected chi connectivity index (χ0v) is 19.9. The summed E-state index contributed by atoms with van der Waals surface area (Å²) in [5, 5.41) is 7.13. The van der Waals surface area contributed by atoms with E-state index >= 15 is 0 Å². The minimum absolute atomic E-state index is 0.480. The van der Waals surface area contributed by atoms with Crippen LogP contribution in [0, 0.1) is 11.7 Å². The number of ether oxygens (including phenoxy) is 2. The average Bonchev–Trinajstić information content (AvgIpc) is 3.07. The highest BCUT2D eigenvalue weighted by Crippen LogP contribution is 2.37. The number of benzene rings is 2. The molecule has 3 aromatic rings. The first-order valence-electron chi connectivity index (χ1n) is 10.1. The summed E-state index contributed by atoms with van der Waals surface area (Å²) < 4.78 is 15.2. The minimum atomic E-state index is 0.480. The van der Waals surface area contributed by atoms with Crippen LogP contribution in [0.2, 0.25) is 0 Å². The molecule has 0 atom stereocenters. The molecule has 3 rings (SSSR count). The molecular formula is C22H27BrN4O2S. The highest BCUT2D eigenvalue weighted by Gasteiger charge is 2.14. The van der Waals surface area contributed by atoms with Crippen molar-refractivity contribution < 1.29 is 9.47 Å². The Morgan fingerprint density at radius 3 is 2.73 bits per heavy atom. The van der Waals surface area contributed by atoms with Crippen LogP contribution in [0.25, 0.3) is 0 Å². The predicted molar refractivity (Wildman–Crippen MR) is 125 cm³/mol. The van der Waals surface area contributed by atoms with Gasteiger partial charge in [0.15, 0.2) is 17.3 Å². The molecule has 0 aliphatic heterocycles. The molecule has 0 unspecified atom stereocenters. The molecule has 6 nitrogen and oxygen atoms in total. The van der Waals surface area contributed by atoms with E-state index in [1.54, 1.807) is 0 Å². The summed E-state index contributed by atoms with van der Waals surface area (Å²) in [7, 11) is 0. The molecule has 0 saturated carbocycles. The Labute approximate surface area is 190 Å². The maximum atomic E-state index is 6.13. The van der Waals surface area contributed by atoms with Crippen molar-refractivity contribution in [1.29, 1.82) is 0 Å². The van der Waals surface area contributed by atoms with Crippen LogP contribution in [0.15, 0.2) is 40.9 Å². The number of nitrogens with zero attached hydrogens (tertiary/aromatic N) is 2. The summed E-state index contributed by atoms with van der Waals surface area (Å²) in [6.45, 7) is 7.76. The first kappa shape index (κ1) is 22.4. The Morgan fingerprint density at radius 2 is 2.00 bits per heavy atom. The first-order valence-corrected chi connectivity index (χ1v) is 11.3. The van der Waals surface area contributed by atoms with Crippen molar-refractivity contribution in [3.63, 3.8) is 0 Å². The van der Waals surface area contributed by atoms with Crippen molar-refractivity contribution in [2.75, 3.05) is 12.0 Å². The van der Waals surface area contributed by atoms with E-state index in [4.69, 9.17) is 21.7 Å². The lowest BCUT2D eigenvalue weighted by atomic mass is 10.1. The normalized spacial score (nSPS) is 10.8. The lowest BCUT2D eigenvalue weighted by Crippen LogP contribution is -2.17. The van der Waals surface area contributed by atoms with Gasteiger partial charge in [0.1, 0.15) is 6.61 Å². The fourth-order valence-corrected chi connectivity index (χ4v) is 3.92. The molecule has 0 fully saturated rings. The van der Waals surface area contributed by atoms with Crippen molar-refractivity contribution in [1.82, 2.24) is 14.9 Å². The van der Waals surface area contributed by atoms with Crippen molar-refractivity contribution in [3.8, 4) is 11.5 Å². The fourth-order valence-electron chi connectivity index (χ4n) is 3.10. The highest BCUT2D eigenvalue weighted by atomic mass is 79.9. The molecule has 2 N–H and O–H groups in total. The van der Waals surface area contributed by atoms with Gasteiger partial charge in [0.05, 0.1) is 17.6 Å². The number of hydrogen-bond donors (Lipinski definition) is 2. The van der Waals surface area contributed by atoms with E-state index in [1.807, 2.05) is 35.9 Å². The van der Waals surface area contributed by atoms with Gasteiger partial charge in [-0.2, -0.15) is 5.10 Å². The van der Waals surface area contributed by atoms with Gasteiger partial charge in [-0.15, -0.1) is 0 Å². The number of hydrogen-bond acceptors (Lipinski definition) is 5. The lowest BCUT2D eigenvalue weighted by Gasteiger charge is -2.17. The number of aromatic amines is 1. The van der Waals surface area contributed by atoms with Crippen molar-refractivity contribution >= 4 is 28.1 Å². The van der Waals surface area contributed by atoms with Gasteiger partial charge in [0, 0.05) is 6.42 Å². The van der Waals surface area contributed by atoms with Crippen LogP contribution in [-0.2, 0) is 19.6 Å². The predicted octanol–water partition coefficient (Wildman–Crippen LogP) is 5.69. The van der Waals surface area contributed by atoms with Crippen LogP contribution in [0.1, 0.15) is 42.8 Å². The quantitative estimate of drug-likeness (QED) is 0.357. The van der Waals surface area contributed by atoms with Crippen molar-refractivity contribution in [2.24, 2.45) is 0 Å². The maximum Gasteiger partial charge on any atom is 0.214 e. The van der Waals surface area contributed by atoms with Gasteiger partial charge >= 0.3 is 0 Å². The minimum Gasteiger partial charge on any atom is -0.490 e. The number of halogens is 1. The molecule has 1 aromatic heterocycles. The van der Waals surface area contributed by atoms with E-state index in [9.17, 15) is 0 Å². The Morgan fingerprint density at radius 1 is 1.20 bits per heavy atom. The van der Waals surface area contributed by atoms with Crippen LogP contribution in [0.5, 0.6) is 11.5 Å². The van der Waals surface area contributed by atoms with Gasteiger partial charge < -0.3 is 14.9 Å². The molecule has 0 amide bonds. The van der Waals surface area contributed by atoms with Gasteiger partial charge in [-0.25, -0.2) is 4.68 Å². The molecule has 0 radical (unpaired) electrons. The topological polar surface area (TPSA) is 64.1 Å². The Kier molecular flexibility index (Phi) is 7.93.